The lowest BCUT2D eigenvalue weighted by Gasteiger charge is -2.05. The van der Waals surface area contributed by atoms with Crippen molar-refractivity contribution in [2.45, 2.75) is 13.3 Å². The molecule has 2 rings (SSSR count). The summed E-state index contributed by atoms with van der Waals surface area (Å²) < 4.78 is 13.1. The van der Waals surface area contributed by atoms with Gasteiger partial charge in [-0.2, -0.15) is 0 Å². The minimum absolute atomic E-state index is 0.0137. The van der Waals surface area contributed by atoms with E-state index in [1.807, 2.05) is 0 Å². The lowest BCUT2D eigenvalue weighted by atomic mass is 9.98. The number of nitrogens with zero attached hydrogens (tertiary/aromatic N) is 1. The second kappa shape index (κ2) is 5.61. The summed E-state index contributed by atoms with van der Waals surface area (Å²) in [4.78, 5) is 22.4. The van der Waals surface area contributed by atoms with Crippen LogP contribution in [0.15, 0.2) is 42.5 Å². The molecule has 0 N–H and O–H groups in total. The number of hydrogen-bond acceptors (Lipinski definition) is 3. The van der Waals surface area contributed by atoms with Crippen LogP contribution in [0, 0.1) is 22.9 Å². The number of benzene rings is 2. The van der Waals surface area contributed by atoms with Crippen LogP contribution in [0.4, 0.5) is 10.1 Å². The first-order chi connectivity index (χ1) is 9.47. The number of ketones is 1. The lowest BCUT2D eigenvalue weighted by molar-refractivity contribution is -0.384. The standard InChI is InChI=1S/C15H12FNO3/c1-10-5-6-13(17(19)20)9-14(10)15(18)8-11-3-2-4-12(16)7-11/h2-7,9H,8H2,1H3. The Labute approximate surface area is 115 Å². The largest absolute Gasteiger partial charge is 0.294 e. The van der Waals surface area contributed by atoms with E-state index in [9.17, 15) is 19.3 Å². The van der Waals surface area contributed by atoms with Crippen LogP contribution in [0.25, 0.3) is 0 Å². The van der Waals surface area contributed by atoms with Gasteiger partial charge in [0.05, 0.1) is 4.92 Å². The van der Waals surface area contributed by atoms with E-state index in [4.69, 9.17) is 0 Å². The first-order valence-electron chi connectivity index (χ1n) is 6.00. The van der Waals surface area contributed by atoms with Crippen LogP contribution in [0.1, 0.15) is 21.5 Å². The highest BCUT2D eigenvalue weighted by Crippen LogP contribution is 2.19. The third-order valence-corrected chi connectivity index (χ3v) is 2.99. The second-order valence-electron chi connectivity index (χ2n) is 4.49. The molecule has 0 aromatic heterocycles. The smallest absolute Gasteiger partial charge is 0.270 e. The van der Waals surface area contributed by atoms with E-state index >= 15 is 0 Å². The number of Topliss-reactive ketones (excluding diaryl/α,β-unsaturated/α-hetero) is 1. The molecule has 0 amide bonds. The minimum atomic E-state index is -0.543. The van der Waals surface area contributed by atoms with Crippen LogP contribution in [0.3, 0.4) is 0 Å². The molecule has 2 aromatic rings. The summed E-state index contributed by atoms with van der Waals surface area (Å²) in [6.45, 7) is 1.71. The van der Waals surface area contributed by atoms with Crippen LogP contribution < -0.4 is 0 Å². The fourth-order valence-corrected chi connectivity index (χ4v) is 1.95. The van der Waals surface area contributed by atoms with Crippen molar-refractivity contribution < 1.29 is 14.1 Å². The van der Waals surface area contributed by atoms with Crippen LogP contribution in [0.2, 0.25) is 0 Å². The molecule has 2 aromatic carbocycles. The highest BCUT2D eigenvalue weighted by Gasteiger charge is 2.15. The fourth-order valence-electron chi connectivity index (χ4n) is 1.95. The van der Waals surface area contributed by atoms with E-state index in [0.29, 0.717) is 16.7 Å². The van der Waals surface area contributed by atoms with Crippen LogP contribution in [0.5, 0.6) is 0 Å². The quantitative estimate of drug-likeness (QED) is 0.487. The zero-order valence-corrected chi connectivity index (χ0v) is 10.8. The summed E-state index contributed by atoms with van der Waals surface area (Å²) in [6.07, 6.45) is 0.0137. The molecule has 0 spiro atoms. The Morgan fingerprint density at radius 3 is 2.65 bits per heavy atom. The van der Waals surface area contributed by atoms with Gasteiger partial charge < -0.3 is 0 Å². The summed E-state index contributed by atoms with van der Waals surface area (Å²) in [5.41, 5.74) is 1.37. The van der Waals surface area contributed by atoms with Crippen molar-refractivity contribution in [1.82, 2.24) is 0 Å². The van der Waals surface area contributed by atoms with E-state index in [-0.39, 0.29) is 17.9 Å². The van der Waals surface area contributed by atoms with Gasteiger partial charge in [0.2, 0.25) is 0 Å². The maximum absolute atomic E-state index is 13.1. The second-order valence-corrected chi connectivity index (χ2v) is 4.49. The SMILES string of the molecule is Cc1ccc([N+](=O)[O-])cc1C(=O)Cc1cccc(F)c1. The van der Waals surface area contributed by atoms with Gasteiger partial charge >= 0.3 is 0 Å². The molecule has 102 valence electrons. The molecule has 4 nitrogen and oxygen atoms in total. The first kappa shape index (κ1) is 13.9. The van der Waals surface area contributed by atoms with Gasteiger partial charge in [-0.3, -0.25) is 14.9 Å². The molecular weight excluding hydrogens is 261 g/mol. The van der Waals surface area contributed by atoms with Crippen molar-refractivity contribution in [3.05, 3.63) is 75.1 Å². The normalized spacial score (nSPS) is 10.3. The molecule has 0 aliphatic rings. The predicted octanol–water partition coefficient (Wildman–Crippen LogP) is 3.47. The Kier molecular flexibility index (Phi) is 3.89. The minimum Gasteiger partial charge on any atom is -0.294 e. The van der Waals surface area contributed by atoms with Crippen molar-refractivity contribution in [2.75, 3.05) is 0 Å². The Bertz CT molecular complexity index is 683. The van der Waals surface area contributed by atoms with Gasteiger partial charge in [-0.1, -0.05) is 18.2 Å². The Balaban J connectivity index is 2.29. The third-order valence-electron chi connectivity index (χ3n) is 2.99. The number of nitro groups is 1. The topological polar surface area (TPSA) is 60.2 Å². The van der Waals surface area contributed by atoms with Gasteiger partial charge in [0.25, 0.3) is 5.69 Å². The van der Waals surface area contributed by atoms with Crippen molar-refractivity contribution >= 4 is 11.5 Å². The monoisotopic (exact) mass is 273 g/mol. The van der Waals surface area contributed by atoms with E-state index in [2.05, 4.69) is 0 Å². The van der Waals surface area contributed by atoms with Crippen molar-refractivity contribution in [3.8, 4) is 0 Å². The van der Waals surface area contributed by atoms with Gasteiger partial charge in [-0.05, 0) is 30.2 Å². The summed E-state index contributed by atoms with van der Waals surface area (Å²) >= 11 is 0. The van der Waals surface area contributed by atoms with Crippen molar-refractivity contribution in [3.63, 3.8) is 0 Å². The average Bonchev–Trinajstić information content (AvgIpc) is 2.38. The highest BCUT2D eigenvalue weighted by atomic mass is 19.1. The summed E-state index contributed by atoms with van der Waals surface area (Å²) in [7, 11) is 0. The van der Waals surface area contributed by atoms with Gasteiger partial charge in [0.15, 0.2) is 5.78 Å². The van der Waals surface area contributed by atoms with Crippen molar-refractivity contribution in [1.29, 1.82) is 0 Å². The van der Waals surface area contributed by atoms with Crippen molar-refractivity contribution in [2.24, 2.45) is 0 Å². The molecule has 20 heavy (non-hydrogen) atoms. The van der Waals surface area contributed by atoms with E-state index in [1.54, 1.807) is 13.0 Å². The summed E-state index contributed by atoms with van der Waals surface area (Å²) in [5.74, 6) is -0.678. The molecule has 0 bridgehead atoms. The fraction of sp³-hybridized carbons (Fsp3) is 0.133. The predicted molar refractivity (Wildman–Crippen MR) is 72.3 cm³/mol. The number of nitro benzene ring substituents is 1. The molecule has 5 heteroatoms. The molecular formula is C15H12FNO3. The summed E-state index contributed by atoms with van der Waals surface area (Å²) in [5, 5.41) is 10.7. The number of non-ortho nitro benzene ring substituents is 1. The van der Waals surface area contributed by atoms with Gasteiger partial charge in [0, 0.05) is 24.1 Å². The molecule has 0 unspecified atom stereocenters. The maximum atomic E-state index is 13.1. The van der Waals surface area contributed by atoms with Crippen LogP contribution in [-0.4, -0.2) is 10.7 Å². The van der Waals surface area contributed by atoms with Crippen LogP contribution >= 0.6 is 0 Å². The molecule has 0 saturated heterocycles. The molecule has 0 aliphatic heterocycles. The number of carbonyl (C=O) groups excluding carboxylic acids is 1. The highest BCUT2D eigenvalue weighted by molar-refractivity contribution is 5.99. The first-order valence-corrected chi connectivity index (χ1v) is 6.00. The third kappa shape index (κ3) is 3.06. The Morgan fingerprint density at radius 2 is 2.00 bits per heavy atom. The number of halogens is 1. The molecule has 0 heterocycles. The van der Waals surface area contributed by atoms with Gasteiger partial charge in [-0.15, -0.1) is 0 Å². The number of aryl methyl sites for hydroxylation is 1. The zero-order chi connectivity index (χ0) is 14.7. The average molecular weight is 273 g/mol. The number of rotatable bonds is 4. The van der Waals surface area contributed by atoms with Gasteiger partial charge in [0.1, 0.15) is 5.82 Å². The maximum Gasteiger partial charge on any atom is 0.270 e. The lowest BCUT2D eigenvalue weighted by Crippen LogP contribution is -2.06. The summed E-state index contributed by atoms with van der Waals surface area (Å²) in [6, 6.07) is 9.91. The van der Waals surface area contributed by atoms with Gasteiger partial charge in [-0.25, -0.2) is 4.39 Å². The molecule has 0 saturated carbocycles. The zero-order valence-electron chi connectivity index (χ0n) is 10.8. The molecule has 0 aliphatic carbocycles. The molecule has 0 fully saturated rings. The van der Waals surface area contributed by atoms with Crippen LogP contribution in [-0.2, 0) is 6.42 Å². The number of hydrogen-bond donors (Lipinski definition) is 0. The molecule has 0 radical (unpaired) electrons. The number of carbonyl (C=O) groups is 1. The van der Waals surface area contributed by atoms with E-state index in [0.717, 1.165) is 0 Å². The van der Waals surface area contributed by atoms with E-state index < -0.39 is 10.7 Å². The van der Waals surface area contributed by atoms with E-state index in [1.165, 1.54) is 36.4 Å². The Morgan fingerprint density at radius 1 is 1.25 bits per heavy atom. The Hall–Kier alpha value is -2.56. The molecule has 0 atom stereocenters.